The molecule has 1 amide bonds. The highest BCUT2D eigenvalue weighted by Crippen LogP contribution is 2.30. The zero-order valence-electron chi connectivity index (χ0n) is 16.3. The van der Waals surface area contributed by atoms with Crippen LogP contribution in [0.4, 0.5) is 10.1 Å². The Hall–Kier alpha value is -2.96. The Labute approximate surface area is 171 Å². The number of hydrogen-bond donors (Lipinski definition) is 2. The minimum Gasteiger partial charge on any atom is -0.490 e. The van der Waals surface area contributed by atoms with Gasteiger partial charge in [0.05, 0.1) is 12.2 Å². The molecule has 2 rings (SSSR count). The molecule has 154 valence electrons. The van der Waals surface area contributed by atoms with E-state index in [2.05, 4.69) is 11.9 Å². The van der Waals surface area contributed by atoms with Crippen LogP contribution in [0.15, 0.2) is 41.9 Å². The molecule has 29 heavy (non-hydrogen) atoms. The van der Waals surface area contributed by atoms with Gasteiger partial charge in [-0.3, -0.25) is 4.79 Å². The predicted molar refractivity (Wildman–Crippen MR) is 109 cm³/mol. The summed E-state index contributed by atoms with van der Waals surface area (Å²) in [6.07, 6.45) is 4.97. The van der Waals surface area contributed by atoms with E-state index in [-0.39, 0.29) is 33.5 Å². The number of ether oxygens (including phenoxy) is 1. The summed E-state index contributed by atoms with van der Waals surface area (Å²) < 4.78 is 32.7. The normalized spacial score (nSPS) is 12.7. The minimum absolute atomic E-state index is 0.123. The molecular formula is C20H23FN4O3S. The molecule has 1 aromatic carbocycles. The average molecular weight is 418 g/mol. The lowest BCUT2D eigenvalue weighted by Gasteiger charge is -2.14. The number of carbonyl (C=O) groups is 1. The Morgan fingerprint density at radius 2 is 2.28 bits per heavy atom. The van der Waals surface area contributed by atoms with Crippen LogP contribution in [-0.4, -0.2) is 21.3 Å². The molecule has 0 aliphatic rings. The van der Waals surface area contributed by atoms with Gasteiger partial charge in [0.2, 0.25) is 0 Å². The smallest absolute Gasteiger partial charge is 0.276 e. The van der Waals surface area contributed by atoms with Gasteiger partial charge in [0.25, 0.3) is 5.91 Å². The van der Waals surface area contributed by atoms with Gasteiger partial charge in [-0.05, 0) is 37.0 Å². The lowest BCUT2D eigenvalue weighted by Crippen LogP contribution is -2.18. The zero-order chi connectivity index (χ0) is 21.6. The van der Waals surface area contributed by atoms with Crippen molar-refractivity contribution < 1.29 is 18.1 Å². The van der Waals surface area contributed by atoms with Crippen molar-refractivity contribution in [2.75, 3.05) is 11.9 Å². The second-order valence-corrected chi connectivity index (χ2v) is 7.66. The number of allylic oxidation sites excluding steroid dienone is 1. The molecule has 0 saturated carbocycles. The van der Waals surface area contributed by atoms with Crippen molar-refractivity contribution in [3.8, 4) is 11.8 Å². The van der Waals surface area contributed by atoms with E-state index in [0.29, 0.717) is 6.61 Å². The maximum atomic E-state index is 13.5. The Morgan fingerprint density at radius 3 is 2.90 bits per heavy atom. The van der Waals surface area contributed by atoms with Gasteiger partial charge in [0.15, 0.2) is 11.4 Å². The number of hydrogen-bond acceptors (Lipinski definition) is 4. The third-order valence-corrected chi connectivity index (χ3v) is 4.98. The minimum atomic E-state index is -1.86. The second kappa shape index (κ2) is 10.0. The van der Waals surface area contributed by atoms with Crippen LogP contribution in [0.25, 0.3) is 0 Å². The Bertz CT molecular complexity index is 981. The average Bonchev–Trinajstić information content (AvgIpc) is 3.02. The van der Waals surface area contributed by atoms with Crippen LogP contribution in [0.1, 0.15) is 35.8 Å². The van der Waals surface area contributed by atoms with Gasteiger partial charge in [-0.15, -0.1) is 6.58 Å². The number of nitrogens with zero attached hydrogens (tertiary/aromatic N) is 2. The van der Waals surface area contributed by atoms with Crippen molar-refractivity contribution in [1.82, 2.24) is 4.57 Å². The van der Waals surface area contributed by atoms with Crippen molar-refractivity contribution in [2.24, 2.45) is 18.1 Å². The summed E-state index contributed by atoms with van der Waals surface area (Å²) >= 11 is 0. The number of benzene rings is 1. The number of nitriles is 1. The monoisotopic (exact) mass is 418 g/mol. The summed E-state index contributed by atoms with van der Waals surface area (Å²) in [4.78, 5) is 13.1. The molecule has 0 saturated heterocycles. The summed E-state index contributed by atoms with van der Waals surface area (Å²) in [7, 11) is -0.254. The molecule has 0 aliphatic heterocycles. The zero-order valence-corrected chi connectivity index (χ0v) is 17.1. The van der Waals surface area contributed by atoms with E-state index >= 15 is 0 Å². The van der Waals surface area contributed by atoms with Crippen LogP contribution in [0.5, 0.6) is 5.75 Å². The van der Waals surface area contributed by atoms with Crippen LogP contribution in [0.2, 0.25) is 0 Å². The van der Waals surface area contributed by atoms with E-state index in [4.69, 9.17) is 15.1 Å². The molecule has 0 aliphatic carbocycles. The van der Waals surface area contributed by atoms with E-state index in [1.165, 1.54) is 22.9 Å². The number of aromatic nitrogens is 1. The highest BCUT2D eigenvalue weighted by atomic mass is 32.2. The Morgan fingerprint density at radius 1 is 1.55 bits per heavy atom. The van der Waals surface area contributed by atoms with Crippen molar-refractivity contribution in [3.63, 3.8) is 0 Å². The van der Waals surface area contributed by atoms with Crippen molar-refractivity contribution in [1.29, 1.82) is 5.26 Å². The quantitative estimate of drug-likeness (QED) is 0.609. The first-order valence-corrected chi connectivity index (χ1v) is 10.1. The van der Waals surface area contributed by atoms with Crippen molar-refractivity contribution >= 4 is 22.6 Å². The lowest BCUT2D eigenvalue weighted by atomic mass is 10.1. The van der Waals surface area contributed by atoms with Gasteiger partial charge in [-0.1, -0.05) is 13.0 Å². The molecule has 0 fully saturated rings. The molecule has 2 atom stereocenters. The highest BCUT2D eigenvalue weighted by molar-refractivity contribution is 7.82. The number of nitrogens with one attached hydrogen (secondary N) is 1. The molecule has 9 heteroatoms. The van der Waals surface area contributed by atoms with Crippen LogP contribution >= 0.6 is 0 Å². The third kappa shape index (κ3) is 5.53. The summed E-state index contributed by atoms with van der Waals surface area (Å²) in [6.45, 7) is 5.99. The number of aryl methyl sites for hydroxylation is 1. The van der Waals surface area contributed by atoms with Gasteiger partial charge in [0, 0.05) is 18.9 Å². The molecule has 0 spiro atoms. The topological polar surface area (TPSA) is 110 Å². The van der Waals surface area contributed by atoms with Crippen molar-refractivity contribution in [3.05, 3.63) is 54.1 Å². The molecule has 1 heterocycles. The number of rotatable bonds is 9. The standard InChI is InChI=1S/C20H23FN4O3S/c1-4-5-6-13(2)12-28-19-17(29(23)27)11-25(3)18(19)20(26)24-15-7-8-16(21)14(9-15)10-22/h4,7-9,11,13H,1,5-6,12,23H2,2-3H3,(H,24,26). The molecule has 7 nitrogen and oxygen atoms in total. The van der Waals surface area contributed by atoms with Crippen LogP contribution in [-0.2, 0) is 18.0 Å². The van der Waals surface area contributed by atoms with Crippen LogP contribution in [0, 0.1) is 23.1 Å². The fraction of sp³-hybridized carbons (Fsp3) is 0.300. The first-order valence-electron chi connectivity index (χ1n) is 8.88. The number of amides is 1. The number of nitrogens with two attached hydrogens (primary N) is 1. The second-order valence-electron chi connectivity index (χ2n) is 6.62. The van der Waals surface area contributed by atoms with Gasteiger partial charge in [0.1, 0.15) is 27.8 Å². The molecular weight excluding hydrogens is 395 g/mol. The summed E-state index contributed by atoms with van der Waals surface area (Å²) in [5.41, 5.74) is 0.179. The first-order chi connectivity index (χ1) is 13.8. The van der Waals surface area contributed by atoms with E-state index in [1.54, 1.807) is 13.1 Å². The van der Waals surface area contributed by atoms with Crippen molar-refractivity contribution in [2.45, 2.75) is 24.7 Å². The number of anilines is 1. The van der Waals surface area contributed by atoms with Gasteiger partial charge in [-0.25, -0.2) is 13.7 Å². The SMILES string of the molecule is C=CCCC(C)COc1c(S(N)=O)cn(C)c1C(=O)Nc1ccc(F)c(C#N)c1. The maximum Gasteiger partial charge on any atom is 0.276 e. The van der Waals surface area contributed by atoms with E-state index in [0.717, 1.165) is 18.9 Å². The van der Waals surface area contributed by atoms with E-state index in [9.17, 15) is 13.4 Å². The van der Waals surface area contributed by atoms with E-state index in [1.807, 2.05) is 13.0 Å². The first kappa shape index (κ1) is 22.3. The number of halogens is 1. The molecule has 0 bridgehead atoms. The van der Waals surface area contributed by atoms with Crippen LogP contribution < -0.4 is 15.2 Å². The van der Waals surface area contributed by atoms with Gasteiger partial charge in [-0.2, -0.15) is 5.26 Å². The highest BCUT2D eigenvalue weighted by Gasteiger charge is 2.25. The fourth-order valence-corrected chi connectivity index (χ4v) is 3.31. The molecule has 1 aromatic heterocycles. The summed E-state index contributed by atoms with van der Waals surface area (Å²) in [5.74, 6) is -0.923. The maximum absolute atomic E-state index is 13.5. The van der Waals surface area contributed by atoms with Gasteiger partial charge >= 0.3 is 0 Å². The van der Waals surface area contributed by atoms with Gasteiger partial charge < -0.3 is 14.6 Å². The van der Waals surface area contributed by atoms with Crippen LogP contribution in [0.3, 0.4) is 0 Å². The molecule has 2 unspecified atom stereocenters. The molecule has 2 aromatic rings. The molecule has 0 radical (unpaired) electrons. The predicted octanol–water partition coefficient (Wildman–Crippen LogP) is 3.25. The number of carbonyl (C=O) groups excluding carboxylic acids is 1. The lowest BCUT2D eigenvalue weighted by molar-refractivity contribution is 0.101. The third-order valence-electron chi connectivity index (χ3n) is 4.25. The Kier molecular flexibility index (Phi) is 7.70. The Balaban J connectivity index is 2.31. The summed E-state index contributed by atoms with van der Waals surface area (Å²) in [6, 6.07) is 5.39. The fourth-order valence-electron chi connectivity index (χ4n) is 2.71. The van der Waals surface area contributed by atoms with E-state index < -0.39 is 22.7 Å². The summed E-state index contributed by atoms with van der Waals surface area (Å²) in [5, 5.41) is 17.1. The molecule has 3 N–H and O–H groups in total. The largest absolute Gasteiger partial charge is 0.490 e.